The van der Waals surface area contributed by atoms with E-state index in [0.717, 1.165) is 11.4 Å². The van der Waals surface area contributed by atoms with Crippen LogP contribution >= 0.6 is 0 Å². The Bertz CT molecular complexity index is 366. The highest BCUT2D eigenvalue weighted by atomic mass is 16.5. The number of methoxy groups -OCH3 is 1. The maximum Gasteiger partial charge on any atom is 0.248 e. The molecule has 0 saturated heterocycles. The molecule has 1 aromatic rings. The Morgan fingerprint density at radius 3 is 2.60 bits per heavy atom. The zero-order valence-electron chi connectivity index (χ0n) is 8.57. The zero-order chi connectivity index (χ0) is 11.1. The molecule has 1 amide bonds. The number of allylic oxidation sites excluding steroid dienone is 2. The Balaban J connectivity index is 2.60. The molecule has 0 bridgehead atoms. The Labute approximate surface area is 89.1 Å². The summed E-state index contributed by atoms with van der Waals surface area (Å²) in [7, 11) is 1.60. The summed E-state index contributed by atoms with van der Waals surface area (Å²) >= 11 is 0. The predicted octanol–water partition coefficient (Wildman–Crippen LogP) is 2.38. The minimum Gasteiger partial charge on any atom is -0.497 e. The van der Waals surface area contributed by atoms with Crippen molar-refractivity contribution < 1.29 is 9.53 Å². The van der Waals surface area contributed by atoms with Crippen LogP contribution in [-0.2, 0) is 4.79 Å². The first-order chi connectivity index (χ1) is 7.26. The summed E-state index contributed by atoms with van der Waals surface area (Å²) < 4.78 is 5.00. The van der Waals surface area contributed by atoms with E-state index in [-0.39, 0.29) is 5.91 Å². The summed E-state index contributed by atoms with van der Waals surface area (Å²) in [6.45, 7) is 3.48. The number of rotatable bonds is 4. The Morgan fingerprint density at radius 1 is 1.40 bits per heavy atom. The average molecular weight is 203 g/mol. The molecule has 15 heavy (non-hydrogen) atoms. The van der Waals surface area contributed by atoms with Crippen molar-refractivity contribution in [3.8, 4) is 5.75 Å². The number of carbonyl (C=O) groups excluding carboxylic acids is 1. The molecule has 3 heteroatoms. The molecule has 0 aliphatic heterocycles. The Morgan fingerprint density at radius 2 is 2.07 bits per heavy atom. The van der Waals surface area contributed by atoms with Gasteiger partial charge in [0.15, 0.2) is 0 Å². The van der Waals surface area contributed by atoms with E-state index >= 15 is 0 Å². The van der Waals surface area contributed by atoms with Crippen molar-refractivity contribution in [1.82, 2.24) is 0 Å². The maximum atomic E-state index is 11.2. The van der Waals surface area contributed by atoms with E-state index in [9.17, 15) is 4.79 Å². The summed E-state index contributed by atoms with van der Waals surface area (Å²) in [5.74, 6) is 0.578. The standard InChI is InChI=1S/C12H13NO2/c1-3-4-5-12(14)13-10-6-8-11(15-2)9-7-10/h3-9H,1H2,2H3,(H,13,14)/b5-4+. The fraction of sp³-hybridized carbons (Fsp3) is 0.0833. The van der Waals surface area contributed by atoms with Gasteiger partial charge in [-0.25, -0.2) is 0 Å². The summed E-state index contributed by atoms with van der Waals surface area (Å²) in [5, 5.41) is 2.70. The smallest absolute Gasteiger partial charge is 0.248 e. The molecule has 0 saturated carbocycles. The summed E-state index contributed by atoms with van der Waals surface area (Å²) in [6, 6.07) is 7.12. The minimum atomic E-state index is -0.180. The molecular formula is C12H13NO2. The summed E-state index contributed by atoms with van der Waals surface area (Å²) in [4.78, 5) is 11.2. The number of carbonyl (C=O) groups is 1. The van der Waals surface area contributed by atoms with Crippen molar-refractivity contribution in [2.24, 2.45) is 0 Å². The van der Waals surface area contributed by atoms with E-state index < -0.39 is 0 Å². The SMILES string of the molecule is C=C/C=C/C(=O)Nc1ccc(OC)cc1. The molecule has 0 atom stereocenters. The maximum absolute atomic E-state index is 11.2. The van der Waals surface area contributed by atoms with Crippen LogP contribution in [0.2, 0.25) is 0 Å². The lowest BCUT2D eigenvalue weighted by Gasteiger charge is -2.03. The topological polar surface area (TPSA) is 38.3 Å². The quantitative estimate of drug-likeness (QED) is 0.602. The summed E-state index contributed by atoms with van der Waals surface area (Å²) in [6.07, 6.45) is 4.55. The number of nitrogens with one attached hydrogen (secondary N) is 1. The first kappa shape index (κ1) is 11.0. The monoisotopic (exact) mass is 203 g/mol. The minimum absolute atomic E-state index is 0.180. The fourth-order valence-corrected chi connectivity index (χ4v) is 1.01. The second kappa shape index (κ2) is 5.65. The molecule has 0 aromatic heterocycles. The van der Waals surface area contributed by atoms with Gasteiger partial charge in [0.1, 0.15) is 5.75 Å². The first-order valence-electron chi connectivity index (χ1n) is 4.50. The van der Waals surface area contributed by atoms with Crippen LogP contribution in [0, 0.1) is 0 Å². The van der Waals surface area contributed by atoms with Crippen molar-refractivity contribution in [1.29, 1.82) is 0 Å². The van der Waals surface area contributed by atoms with Crippen molar-refractivity contribution in [2.75, 3.05) is 12.4 Å². The number of amides is 1. The van der Waals surface area contributed by atoms with Gasteiger partial charge in [-0.1, -0.05) is 18.7 Å². The van der Waals surface area contributed by atoms with Gasteiger partial charge in [-0.2, -0.15) is 0 Å². The van der Waals surface area contributed by atoms with Gasteiger partial charge < -0.3 is 10.1 Å². The lowest BCUT2D eigenvalue weighted by Crippen LogP contribution is -2.07. The largest absolute Gasteiger partial charge is 0.497 e. The van der Waals surface area contributed by atoms with Crippen molar-refractivity contribution in [2.45, 2.75) is 0 Å². The predicted molar refractivity (Wildman–Crippen MR) is 61.0 cm³/mol. The van der Waals surface area contributed by atoms with Crippen molar-refractivity contribution >= 4 is 11.6 Å². The van der Waals surface area contributed by atoms with E-state index in [1.54, 1.807) is 43.5 Å². The Hall–Kier alpha value is -2.03. The molecule has 0 spiro atoms. The highest BCUT2D eigenvalue weighted by Gasteiger charge is 1.97. The van der Waals surface area contributed by atoms with Crippen LogP contribution in [-0.4, -0.2) is 13.0 Å². The van der Waals surface area contributed by atoms with Gasteiger partial charge >= 0.3 is 0 Å². The van der Waals surface area contributed by atoms with Crippen molar-refractivity contribution in [3.05, 3.63) is 49.1 Å². The first-order valence-corrected chi connectivity index (χ1v) is 4.50. The van der Waals surface area contributed by atoms with Crippen molar-refractivity contribution in [3.63, 3.8) is 0 Å². The highest BCUT2D eigenvalue weighted by Crippen LogP contribution is 2.14. The molecule has 1 N–H and O–H groups in total. The number of ether oxygens (including phenoxy) is 1. The molecule has 1 rings (SSSR count). The van der Waals surface area contributed by atoms with Crippen LogP contribution in [0.1, 0.15) is 0 Å². The number of benzene rings is 1. The van der Waals surface area contributed by atoms with E-state index in [2.05, 4.69) is 11.9 Å². The molecule has 3 nitrogen and oxygen atoms in total. The fourth-order valence-electron chi connectivity index (χ4n) is 1.01. The highest BCUT2D eigenvalue weighted by molar-refractivity contribution is 5.99. The number of anilines is 1. The van der Waals surface area contributed by atoms with E-state index in [1.807, 2.05) is 0 Å². The molecule has 0 unspecified atom stereocenters. The van der Waals surface area contributed by atoms with Gasteiger partial charge in [0.05, 0.1) is 7.11 Å². The molecular weight excluding hydrogens is 190 g/mol. The lowest BCUT2D eigenvalue weighted by atomic mass is 10.3. The summed E-state index contributed by atoms with van der Waals surface area (Å²) in [5.41, 5.74) is 0.731. The van der Waals surface area contributed by atoms with Gasteiger partial charge in [-0.15, -0.1) is 0 Å². The molecule has 0 fully saturated rings. The van der Waals surface area contributed by atoms with Gasteiger partial charge in [-0.3, -0.25) is 4.79 Å². The van der Waals surface area contributed by atoms with Crippen LogP contribution in [0.25, 0.3) is 0 Å². The molecule has 0 radical (unpaired) electrons. The van der Waals surface area contributed by atoms with E-state index in [1.165, 1.54) is 6.08 Å². The van der Waals surface area contributed by atoms with Crippen LogP contribution in [0.5, 0.6) is 5.75 Å². The molecule has 0 aliphatic carbocycles. The van der Waals surface area contributed by atoms with Gasteiger partial charge in [0.25, 0.3) is 0 Å². The lowest BCUT2D eigenvalue weighted by molar-refractivity contribution is -0.111. The average Bonchev–Trinajstić information content (AvgIpc) is 2.27. The molecule has 78 valence electrons. The van der Waals surface area contributed by atoms with Gasteiger partial charge in [-0.05, 0) is 24.3 Å². The second-order valence-electron chi connectivity index (χ2n) is 2.81. The van der Waals surface area contributed by atoms with Gasteiger partial charge in [0, 0.05) is 11.8 Å². The van der Waals surface area contributed by atoms with E-state index in [4.69, 9.17) is 4.74 Å². The van der Waals surface area contributed by atoms with Crippen LogP contribution in [0.15, 0.2) is 49.1 Å². The molecule has 1 aromatic carbocycles. The third kappa shape index (κ3) is 3.68. The van der Waals surface area contributed by atoms with E-state index in [0.29, 0.717) is 0 Å². The third-order valence-corrected chi connectivity index (χ3v) is 1.74. The second-order valence-corrected chi connectivity index (χ2v) is 2.81. The Kier molecular flexibility index (Phi) is 4.16. The van der Waals surface area contributed by atoms with Gasteiger partial charge in [0.2, 0.25) is 5.91 Å². The molecule has 0 aliphatic rings. The number of hydrogen-bond acceptors (Lipinski definition) is 2. The van der Waals surface area contributed by atoms with Crippen LogP contribution < -0.4 is 10.1 Å². The normalized spacial score (nSPS) is 9.93. The number of hydrogen-bond donors (Lipinski definition) is 1. The van der Waals surface area contributed by atoms with Crippen LogP contribution in [0.4, 0.5) is 5.69 Å². The zero-order valence-corrected chi connectivity index (χ0v) is 8.57. The molecule has 0 heterocycles. The third-order valence-electron chi connectivity index (χ3n) is 1.74. The van der Waals surface area contributed by atoms with Crippen LogP contribution in [0.3, 0.4) is 0 Å².